The van der Waals surface area contributed by atoms with E-state index in [0.717, 1.165) is 24.7 Å². The van der Waals surface area contributed by atoms with Crippen LogP contribution in [-0.4, -0.2) is 24.1 Å². The Balaban J connectivity index is 1.60. The van der Waals surface area contributed by atoms with Gasteiger partial charge in [-0.2, -0.15) is 0 Å². The van der Waals surface area contributed by atoms with Crippen LogP contribution in [0.3, 0.4) is 0 Å². The molecular formula is C23H29NO2. The molecule has 4 aliphatic carbocycles. The highest BCUT2D eigenvalue weighted by atomic mass is 16.5. The second-order valence-corrected chi connectivity index (χ2v) is 8.68. The van der Waals surface area contributed by atoms with Gasteiger partial charge < -0.3 is 4.74 Å². The lowest BCUT2D eigenvalue weighted by atomic mass is 9.61. The van der Waals surface area contributed by atoms with Gasteiger partial charge in [0.25, 0.3) is 0 Å². The summed E-state index contributed by atoms with van der Waals surface area (Å²) in [4.78, 5) is 15.0. The number of carbonyl (C=O) groups excluding carboxylic acids is 1. The fraction of sp³-hybridized carbons (Fsp3) is 0.609. The molecular weight excluding hydrogens is 322 g/mol. The van der Waals surface area contributed by atoms with Crippen molar-refractivity contribution in [3.05, 3.63) is 41.6 Å². The summed E-state index contributed by atoms with van der Waals surface area (Å²) in [6, 6.07) is 11.1. The summed E-state index contributed by atoms with van der Waals surface area (Å²) in [5.74, 6) is 2.87. The Bertz CT molecular complexity index is 719. The first-order chi connectivity index (χ1) is 12.8. The first kappa shape index (κ1) is 16.4. The number of ether oxygens (including phenoxy) is 1. The van der Waals surface area contributed by atoms with Crippen LogP contribution in [0, 0.1) is 23.7 Å². The molecule has 3 fully saturated rings. The Labute approximate surface area is 156 Å². The van der Waals surface area contributed by atoms with E-state index in [4.69, 9.17) is 4.74 Å². The molecule has 0 N–H and O–H groups in total. The van der Waals surface area contributed by atoms with Crippen LogP contribution in [-0.2, 0) is 4.74 Å². The van der Waals surface area contributed by atoms with Crippen LogP contribution in [0.5, 0.6) is 0 Å². The number of fused-ring (bicyclic) bond motifs is 5. The highest BCUT2D eigenvalue weighted by Gasteiger charge is 2.59. The average Bonchev–Trinajstić information content (AvgIpc) is 3.25. The van der Waals surface area contributed by atoms with E-state index in [1.807, 2.05) is 0 Å². The summed E-state index contributed by atoms with van der Waals surface area (Å²) in [6.07, 6.45) is 9.92. The van der Waals surface area contributed by atoms with Gasteiger partial charge >= 0.3 is 6.09 Å². The van der Waals surface area contributed by atoms with Gasteiger partial charge in [-0.05, 0) is 61.0 Å². The standard InChI is InChI=1S/C23H29NO2/c1-26-23(25)24(18-10-6-3-7-11-18)22-20(15-8-4-2-5-9-15)19-16-12-13-17(14-16)21(19)22/h2,4-5,8-9,16-19,21H,3,6-7,10-14H2,1H3. The molecule has 3 nitrogen and oxygen atoms in total. The second-order valence-electron chi connectivity index (χ2n) is 8.68. The SMILES string of the molecule is COC(=O)N(C1=C(c2ccccc2)C2C3CCC(C3)C12)C1CCCCC1. The first-order valence-electron chi connectivity index (χ1n) is 10.5. The minimum Gasteiger partial charge on any atom is -0.452 e. The fourth-order valence-corrected chi connectivity index (χ4v) is 6.48. The van der Waals surface area contributed by atoms with Crippen molar-refractivity contribution in [2.75, 3.05) is 7.11 Å². The van der Waals surface area contributed by atoms with E-state index in [0.29, 0.717) is 17.9 Å². The zero-order chi connectivity index (χ0) is 17.7. The van der Waals surface area contributed by atoms with Gasteiger partial charge in [-0.15, -0.1) is 0 Å². The normalized spacial score (nSPS) is 33.0. The number of amides is 1. The highest BCUT2D eigenvalue weighted by molar-refractivity contribution is 5.83. The molecule has 5 rings (SSSR count). The lowest BCUT2D eigenvalue weighted by Gasteiger charge is -2.50. The van der Waals surface area contributed by atoms with Crippen molar-refractivity contribution in [2.24, 2.45) is 23.7 Å². The monoisotopic (exact) mass is 351 g/mol. The van der Waals surface area contributed by atoms with Gasteiger partial charge in [0.15, 0.2) is 0 Å². The molecule has 0 heterocycles. The van der Waals surface area contributed by atoms with Crippen LogP contribution >= 0.6 is 0 Å². The molecule has 3 saturated carbocycles. The van der Waals surface area contributed by atoms with Crippen LogP contribution in [0.4, 0.5) is 4.79 Å². The number of methoxy groups -OCH3 is 1. The number of nitrogens with zero attached hydrogens (tertiary/aromatic N) is 1. The van der Waals surface area contributed by atoms with Crippen LogP contribution in [0.25, 0.3) is 5.57 Å². The van der Waals surface area contributed by atoms with Crippen molar-refractivity contribution < 1.29 is 9.53 Å². The summed E-state index contributed by atoms with van der Waals surface area (Å²) in [5.41, 5.74) is 4.10. The predicted molar refractivity (Wildman–Crippen MR) is 102 cm³/mol. The van der Waals surface area contributed by atoms with E-state index in [1.54, 1.807) is 0 Å². The van der Waals surface area contributed by atoms with E-state index in [2.05, 4.69) is 35.2 Å². The van der Waals surface area contributed by atoms with Gasteiger partial charge in [0, 0.05) is 17.7 Å². The predicted octanol–water partition coefficient (Wildman–Crippen LogP) is 5.47. The average molecular weight is 351 g/mol. The van der Waals surface area contributed by atoms with Gasteiger partial charge in [-0.3, -0.25) is 4.90 Å². The quantitative estimate of drug-likeness (QED) is 0.722. The molecule has 1 aromatic rings. The van der Waals surface area contributed by atoms with Gasteiger partial charge in [0.05, 0.1) is 7.11 Å². The number of rotatable bonds is 3. The third-order valence-corrected chi connectivity index (χ3v) is 7.50. The lowest BCUT2D eigenvalue weighted by Crippen LogP contribution is -2.50. The lowest BCUT2D eigenvalue weighted by molar-refractivity contribution is 0.0903. The van der Waals surface area contributed by atoms with Gasteiger partial charge in [-0.25, -0.2) is 4.79 Å². The molecule has 0 saturated heterocycles. The van der Waals surface area contributed by atoms with Crippen molar-refractivity contribution in [1.82, 2.24) is 4.90 Å². The molecule has 1 amide bonds. The molecule has 0 spiro atoms. The Morgan fingerprint density at radius 3 is 2.35 bits per heavy atom. The Morgan fingerprint density at radius 1 is 0.962 bits per heavy atom. The second kappa shape index (κ2) is 6.44. The Kier molecular flexibility index (Phi) is 4.06. The zero-order valence-corrected chi connectivity index (χ0v) is 15.7. The van der Waals surface area contributed by atoms with E-state index >= 15 is 0 Å². The van der Waals surface area contributed by atoms with E-state index in [1.165, 1.54) is 62.5 Å². The number of allylic oxidation sites excluding steroid dienone is 2. The van der Waals surface area contributed by atoms with Crippen LogP contribution < -0.4 is 0 Å². The van der Waals surface area contributed by atoms with Crippen LogP contribution in [0.1, 0.15) is 56.9 Å². The Hall–Kier alpha value is -1.77. The molecule has 4 aliphatic rings. The first-order valence-corrected chi connectivity index (χ1v) is 10.5. The van der Waals surface area contributed by atoms with E-state index < -0.39 is 0 Å². The molecule has 4 atom stereocenters. The van der Waals surface area contributed by atoms with Crippen molar-refractivity contribution in [2.45, 2.75) is 57.4 Å². The maximum absolute atomic E-state index is 12.9. The maximum Gasteiger partial charge on any atom is 0.414 e. The molecule has 0 radical (unpaired) electrons. The largest absolute Gasteiger partial charge is 0.452 e. The minimum absolute atomic E-state index is 0.137. The summed E-state index contributed by atoms with van der Waals surface area (Å²) >= 11 is 0. The Morgan fingerprint density at radius 2 is 1.65 bits per heavy atom. The van der Waals surface area contributed by atoms with E-state index in [-0.39, 0.29) is 6.09 Å². The third kappa shape index (κ3) is 2.35. The highest BCUT2D eigenvalue weighted by Crippen LogP contribution is 2.67. The minimum atomic E-state index is -0.137. The molecule has 1 aromatic carbocycles. The fourth-order valence-electron chi connectivity index (χ4n) is 6.48. The topological polar surface area (TPSA) is 29.5 Å². The van der Waals surface area contributed by atoms with Crippen LogP contribution in [0.15, 0.2) is 36.0 Å². The van der Waals surface area contributed by atoms with Gasteiger partial charge in [0.1, 0.15) is 0 Å². The molecule has 26 heavy (non-hydrogen) atoms. The van der Waals surface area contributed by atoms with Crippen molar-refractivity contribution in [3.8, 4) is 0 Å². The van der Waals surface area contributed by atoms with Gasteiger partial charge in [-0.1, -0.05) is 49.6 Å². The summed E-state index contributed by atoms with van der Waals surface area (Å²) < 4.78 is 5.29. The summed E-state index contributed by atoms with van der Waals surface area (Å²) in [5, 5.41) is 0. The zero-order valence-electron chi connectivity index (χ0n) is 15.7. The molecule has 2 bridgehead atoms. The molecule has 0 aromatic heterocycles. The smallest absolute Gasteiger partial charge is 0.414 e. The third-order valence-electron chi connectivity index (χ3n) is 7.50. The molecule has 138 valence electrons. The number of hydrogen-bond acceptors (Lipinski definition) is 2. The molecule has 4 unspecified atom stereocenters. The number of carbonyl (C=O) groups is 1. The molecule has 3 heteroatoms. The number of benzene rings is 1. The van der Waals surface area contributed by atoms with Crippen LogP contribution in [0.2, 0.25) is 0 Å². The van der Waals surface area contributed by atoms with Crippen molar-refractivity contribution in [1.29, 1.82) is 0 Å². The summed E-state index contributed by atoms with van der Waals surface area (Å²) in [7, 11) is 1.54. The van der Waals surface area contributed by atoms with E-state index in [9.17, 15) is 4.79 Å². The summed E-state index contributed by atoms with van der Waals surface area (Å²) in [6.45, 7) is 0. The number of hydrogen-bond donors (Lipinski definition) is 0. The van der Waals surface area contributed by atoms with Crippen molar-refractivity contribution in [3.63, 3.8) is 0 Å². The van der Waals surface area contributed by atoms with Gasteiger partial charge in [0.2, 0.25) is 0 Å². The molecule has 0 aliphatic heterocycles. The van der Waals surface area contributed by atoms with Crippen molar-refractivity contribution >= 4 is 11.7 Å². The maximum atomic E-state index is 12.9.